The first-order valence-corrected chi connectivity index (χ1v) is 12.5. The monoisotopic (exact) mass is 482 g/mol. The number of pyridine rings is 1. The second kappa shape index (κ2) is 8.28. The fraction of sp³-hybridized carbons (Fsp3) is 0.208. The van der Waals surface area contributed by atoms with Crippen LogP contribution in [-0.4, -0.2) is 40.6 Å². The number of benzene rings is 2. The van der Waals surface area contributed by atoms with E-state index in [0.29, 0.717) is 28.8 Å². The van der Waals surface area contributed by atoms with E-state index in [9.17, 15) is 22.0 Å². The summed E-state index contributed by atoms with van der Waals surface area (Å²) >= 11 is 0. The quantitative estimate of drug-likeness (QED) is 0.468. The van der Waals surface area contributed by atoms with Gasteiger partial charge in [0.1, 0.15) is 0 Å². The average molecular weight is 483 g/mol. The highest BCUT2D eigenvalue weighted by Crippen LogP contribution is 2.32. The number of carbonyl (C=O) groups excluding carboxylic acids is 1. The number of hydrogen-bond acceptors (Lipinski definition) is 5. The molecule has 10 heteroatoms. The second-order valence-corrected chi connectivity index (χ2v) is 10.5. The first kappa shape index (κ1) is 22.1. The first-order chi connectivity index (χ1) is 16.2. The minimum absolute atomic E-state index is 0.0448. The van der Waals surface area contributed by atoms with Gasteiger partial charge in [0.25, 0.3) is 5.91 Å². The number of sulfone groups is 1. The molecule has 4 aromatic rings. The number of hydrogen-bond donors (Lipinski definition) is 1. The summed E-state index contributed by atoms with van der Waals surface area (Å²) in [5.41, 5.74) is 2.53. The topological polar surface area (TPSA) is 93.9 Å². The minimum Gasteiger partial charge on any atom is -0.322 e. The molecule has 0 saturated carbocycles. The van der Waals surface area contributed by atoms with Crippen molar-refractivity contribution < 1.29 is 22.0 Å². The molecule has 5 rings (SSSR count). The van der Waals surface area contributed by atoms with Crippen LogP contribution in [-0.2, 0) is 9.84 Å². The van der Waals surface area contributed by atoms with Crippen LogP contribution in [0.25, 0.3) is 22.3 Å². The third-order valence-corrected chi connectivity index (χ3v) is 7.63. The summed E-state index contributed by atoms with van der Waals surface area (Å²) in [7, 11) is -3.17. The molecule has 1 N–H and O–H groups in total. The van der Waals surface area contributed by atoms with Crippen molar-refractivity contribution in [3.8, 4) is 11.3 Å². The molecule has 3 heterocycles. The molecule has 0 spiro atoms. The zero-order chi connectivity index (χ0) is 24.0. The fourth-order valence-electron chi connectivity index (χ4n) is 4.24. The maximum atomic E-state index is 13.7. The molecule has 0 radical (unpaired) electrons. The van der Waals surface area contributed by atoms with Crippen LogP contribution < -0.4 is 5.32 Å². The predicted molar refractivity (Wildman–Crippen MR) is 124 cm³/mol. The molecule has 0 aliphatic carbocycles. The van der Waals surface area contributed by atoms with E-state index in [4.69, 9.17) is 4.98 Å². The molecule has 1 aliphatic heterocycles. The molecule has 1 saturated heterocycles. The lowest BCUT2D eigenvalue weighted by atomic mass is 10.0. The summed E-state index contributed by atoms with van der Waals surface area (Å²) in [6, 6.07) is 13.6. The van der Waals surface area contributed by atoms with Crippen molar-refractivity contribution in [2.45, 2.75) is 19.4 Å². The van der Waals surface area contributed by atoms with Crippen LogP contribution >= 0.6 is 0 Å². The molecule has 7 nitrogen and oxygen atoms in total. The number of aryl methyl sites for hydroxylation is 1. The van der Waals surface area contributed by atoms with Gasteiger partial charge in [-0.3, -0.25) is 4.79 Å². The van der Waals surface area contributed by atoms with Crippen LogP contribution in [0, 0.1) is 18.6 Å². The van der Waals surface area contributed by atoms with Crippen LogP contribution in [0.4, 0.5) is 14.5 Å². The molecule has 2 aromatic heterocycles. The lowest BCUT2D eigenvalue weighted by Gasteiger charge is -2.12. The number of carbonyl (C=O) groups is 1. The Balaban J connectivity index is 1.66. The smallest absolute Gasteiger partial charge is 0.256 e. The summed E-state index contributed by atoms with van der Waals surface area (Å²) in [5, 5.41) is 7.63. The van der Waals surface area contributed by atoms with Gasteiger partial charge in [0.2, 0.25) is 0 Å². The number of aromatic nitrogens is 3. The molecule has 0 unspecified atom stereocenters. The molecular formula is C24H20F2N4O3S. The molecule has 1 atom stereocenters. The van der Waals surface area contributed by atoms with Crippen molar-refractivity contribution in [1.82, 2.24) is 14.8 Å². The van der Waals surface area contributed by atoms with Gasteiger partial charge in [-0.2, -0.15) is 5.10 Å². The van der Waals surface area contributed by atoms with Crippen LogP contribution in [0.15, 0.2) is 54.6 Å². The average Bonchev–Trinajstić information content (AvgIpc) is 3.35. The Hall–Kier alpha value is -3.66. The molecule has 174 valence electrons. The van der Waals surface area contributed by atoms with Crippen molar-refractivity contribution in [2.75, 3.05) is 16.8 Å². The van der Waals surface area contributed by atoms with Gasteiger partial charge >= 0.3 is 0 Å². The van der Waals surface area contributed by atoms with E-state index < -0.39 is 27.4 Å². The van der Waals surface area contributed by atoms with Crippen LogP contribution in [0.3, 0.4) is 0 Å². The lowest BCUT2D eigenvalue weighted by Crippen LogP contribution is -2.15. The van der Waals surface area contributed by atoms with E-state index in [-0.39, 0.29) is 28.8 Å². The van der Waals surface area contributed by atoms with Gasteiger partial charge in [0.15, 0.2) is 27.1 Å². The van der Waals surface area contributed by atoms with Crippen molar-refractivity contribution in [3.05, 3.63) is 77.5 Å². The van der Waals surface area contributed by atoms with E-state index in [1.807, 2.05) is 30.3 Å². The zero-order valence-electron chi connectivity index (χ0n) is 18.1. The number of anilines is 1. The second-order valence-electron chi connectivity index (χ2n) is 8.29. The van der Waals surface area contributed by atoms with Crippen molar-refractivity contribution in [3.63, 3.8) is 0 Å². The Morgan fingerprint density at radius 1 is 1.09 bits per heavy atom. The molecule has 0 bridgehead atoms. The maximum absolute atomic E-state index is 13.7. The Morgan fingerprint density at radius 2 is 1.85 bits per heavy atom. The first-order valence-electron chi connectivity index (χ1n) is 10.6. The number of amides is 1. The minimum atomic E-state index is -3.17. The van der Waals surface area contributed by atoms with Gasteiger partial charge in [0, 0.05) is 17.3 Å². The molecule has 1 amide bonds. The van der Waals surface area contributed by atoms with Gasteiger partial charge in [-0.25, -0.2) is 26.9 Å². The molecular weight excluding hydrogens is 462 g/mol. The van der Waals surface area contributed by atoms with E-state index >= 15 is 0 Å². The van der Waals surface area contributed by atoms with Gasteiger partial charge in [-0.15, -0.1) is 0 Å². The van der Waals surface area contributed by atoms with Crippen LogP contribution in [0.2, 0.25) is 0 Å². The zero-order valence-corrected chi connectivity index (χ0v) is 18.9. The van der Waals surface area contributed by atoms with Crippen molar-refractivity contribution in [1.29, 1.82) is 0 Å². The number of rotatable bonds is 4. The summed E-state index contributed by atoms with van der Waals surface area (Å²) in [4.78, 5) is 18.1. The molecule has 2 aromatic carbocycles. The standard InChI is InChI=1S/C24H20F2N4O3S/c1-14-22-18(24(31)27-16-7-8-19(25)20(26)11-16)12-21(15-5-3-2-4-6-15)28-23(22)30(29-14)17-9-10-34(32,33)13-17/h2-8,11-12,17H,9-10,13H2,1H3,(H,27,31)/t17-/m1/s1. The van der Waals surface area contributed by atoms with Gasteiger partial charge in [-0.1, -0.05) is 30.3 Å². The normalized spacial score (nSPS) is 17.2. The van der Waals surface area contributed by atoms with E-state index in [2.05, 4.69) is 10.4 Å². The van der Waals surface area contributed by atoms with E-state index in [1.54, 1.807) is 17.7 Å². The predicted octanol–water partition coefficient (Wildman–Crippen LogP) is 4.30. The Labute approximate surface area is 194 Å². The summed E-state index contributed by atoms with van der Waals surface area (Å²) in [5.74, 6) is -2.61. The Morgan fingerprint density at radius 3 is 2.53 bits per heavy atom. The van der Waals surface area contributed by atoms with Gasteiger partial charge < -0.3 is 5.32 Å². The molecule has 1 fully saturated rings. The van der Waals surface area contributed by atoms with E-state index in [1.165, 1.54) is 6.07 Å². The van der Waals surface area contributed by atoms with Crippen LogP contribution in [0.1, 0.15) is 28.5 Å². The SMILES string of the molecule is Cc1nn([C@@H]2CCS(=O)(=O)C2)c2nc(-c3ccccc3)cc(C(=O)Nc3ccc(F)c(F)c3)c12. The molecule has 1 aliphatic rings. The number of fused-ring (bicyclic) bond motifs is 1. The van der Waals surface area contributed by atoms with E-state index in [0.717, 1.165) is 17.7 Å². The highest BCUT2D eigenvalue weighted by Gasteiger charge is 2.32. The number of nitrogens with zero attached hydrogens (tertiary/aromatic N) is 3. The Kier molecular flexibility index (Phi) is 5.40. The largest absolute Gasteiger partial charge is 0.322 e. The number of halogens is 2. The van der Waals surface area contributed by atoms with Crippen molar-refractivity contribution >= 4 is 32.5 Å². The fourth-order valence-corrected chi connectivity index (χ4v) is 5.94. The Bertz CT molecular complexity index is 1540. The summed E-state index contributed by atoms with van der Waals surface area (Å²) in [6.45, 7) is 1.72. The summed E-state index contributed by atoms with van der Waals surface area (Å²) < 4.78 is 52.8. The number of nitrogens with one attached hydrogen (secondary N) is 1. The third kappa shape index (κ3) is 4.05. The summed E-state index contributed by atoms with van der Waals surface area (Å²) in [6.07, 6.45) is 0.409. The maximum Gasteiger partial charge on any atom is 0.256 e. The third-order valence-electron chi connectivity index (χ3n) is 5.88. The van der Waals surface area contributed by atoms with Crippen LogP contribution in [0.5, 0.6) is 0 Å². The van der Waals surface area contributed by atoms with Gasteiger partial charge in [0.05, 0.1) is 39.9 Å². The van der Waals surface area contributed by atoms with Gasteiger partial charge in [-0.05, 0) is 31.5 Å². The molecule has 34 heavy (non-hydrogen) atoms. The highest BCUT2D eigenvalue weighted by atomic mass is 32.2. The highest BCUT2D eigenvalue weighted by molar-refractivity contribution is 7.91. The van der Waals surface area contributed by atoms with Crippen molar-refractivity contribution in [2.24, 2.45) is 0 Å². The lowest BCUT2D eigenvalue weighted by molar-refractivity contribution is 0.102.